The average Bonchev–Trinajstić information content (AvgIpc) is 3.53. The van der Waals surface area contributed by atoms with Crippen molar-refractivity contribution in [1.29, 1.82) is 0 Å². The Morgan fingerprint density at radius 1 is 1.00 bits per heavy atom. The standard InChI is InChI=1S/C22H32N6O/c1-22(2,3)19-6-7-20(29)28(25-19)15-14-26-10-12-27(13-11-26)16-18-8-9-23-21(24-18)17-4-5-17/h6-9,17H,4-5,10-16H2,1-3H3. The maximum Gasteiger partial charge on any atom is 0.266 e. The van der Waals surface area contributed by atoms with Crippen LogP contribution in [0, 0.1) is 0 Å². The average molecular weight is 397 g/mol. The normalized spacial score (nSPS) is 18.9. The van der Waals surface area contributed by atoms with Crippen LogP contribution in [0.1, 0.15) is 56.7 Å². The fourth-order valence-corrected chi connectivity index (χ4v) is 3.68. The molecule has 1 aliphatic carbocycles. The molecule has 2 aromatic rings. The molecule has 0 spiro atoms. The molecular weight excluding hydrogens is 364 g/mol. The molecule has 3 heterocycles. The van der Waals surface area contributed by atoms with Gasteiger partial charge in [0.2, 0.25) is 0 Å². The van der Waals surface area contributed by atoms with Crippen molar-refractivity contribution in [3.05, 3.63) is 52.0 Å². The summed E-state index contributed by atoms with van der Waals surface area (Å²) in [5.74, 6) is 1.62. The molecule has 0 atom stereocenters. The first-order valence-corrected chi connectivity index (χ1v) is 10.7. The molecule has 0 N–H and O–H groups in total. The Hall–Kier alpha value is -2.12. The smallest absolute Gasteiger partial charge is 0.266 e. The van der Waals surface area contributed by atoms with Gasteiger partial charge in [0, 0.05) is 62.9 Å². The molecule has 0 unspecified atom stereocenters. The van der Waals surface area contributed by atoms with Crippen LogP contribution in [0.15, 0.2) is 29.2 Å². The Kier molecular flexibility index (Phi) is 5.79. The molecule has 2 fully saturated rings. The van der Waals surface area contributed by atoms with E-state index in [1.54, 1.807) is 10.7 Å². The highest BCUT2D eigenvalue weighted by atomic mass is 16.1. The van der Waals surface area contributed by atoms with Gasteiger partial charge in [-0.25, -0.2) is 14.6 Å². The van der Waals surface area contributed by atoms with Crippen LogP contribution < -0.4 is 5.56 Å². The minimum atomic E-state index is -0.0541. The molecule has 0 radical (unpaired) electrons. The molecule has 156 valence electrons. The summed E-state index contributed by atoms with van der Waals surface area (Å²) in [6.07, 6.45) is 4.38. The zero-order valence-corrected chi connectivity index (χ0v) is 17.8. The Morgan fingerprint density at radius 3 is 2.41 bits per heavy atom. The van der Waals surface area contributed by atoms with Crippen LogP contribution >= 0.6 is 0 Å². The van der Waals surface area contributed by atoms with Crippen LogP contribution in [-0.2, 0) is 18.5 Å². The summed E-state index contributed by atoms with van der Waals surface area (Å²) >= 11 is 0. The maximum absolute atomic E-state index is 12.2. The Morgan fingerprint density at radius 2 is 1.72 bits per heavy atom. The summed E-state index contributed by atoms with van der Waals surface area (Å²) in [5.41, 5.74) is 2.01. The van der Waals surface area contributed by atoms with Crippen molar-refractivity contribution >= 4 is 0 Å². The van der Waals surface area contributed by atoms with Crippen molar-refractivity contribution < 1.29 is 0 Å². The highest BCUT2D eigenvalue weighted by Gasteiger charge is 2.27. The summed E-state index contributed by atoms with van der Waals surface area (Å²) in [6.45, 7) is 12.8. The molecule has 2 aliphatic rings. The third-order valence-electron chi connectivity index (χ3n) is 5.79. The van der Waals surface area contributed by atoms with E-state index in [1.807, 2.05) is 18.3 Å². The molecule has 1 saturated heterocycles. The van der Waals surface area contributed by atoms with Crippen molar-refractivity contribution in [3.8, 4) is 0 Å². The molecule has 7 nitrogen and oxygen atoms in total. The van der Waals surface area contributed by atoms with E-state index in [2.05, 4.69) is 40.7 Å². The van der Waals surface area contributed by atoms with Gasteiger partial charge in [0.25, 0.3) is 5.56 Å². The van der Waals surface area contributed by atoms with Crippen LogP contribution in [0.2, 0.25) is 0 Å². The number of aromatic nitrogens is 4. The largest absolute Gasteiger partial charge is 0.299 e. The van der Waals surface area contributed by atoms with Gasteiger partial charge in [-0.3, -0.25) is 14.6 Å². The summed E-state index contributed by atoms with van der Waals surface area (Å²) in [6, 6.07) is 5.53. The maximum atomic E-state index is 12.2. The van der Waals surface area contributed by atoms with Crippen LogP contribution in [0.3, 0.4) is 0 Å². The number of hydrogen-bond acceptors (Lipinski definition) is 6. The lowest BCUT2D eigenvalue weighted by Gasteiger charge is -2.34. The highest BCUT2D eigenvalue weighted by molar-refractivity contribution is 5.11. The fourth-order valence-electron chi connectivity index (χ4n) is 3.68. The van der Waals surface area contributed by atoms with E-state index in [4.69, 9.17) is 4.98 Å². The number of piperazine rings is 1. The SMILES string of the molecule is CC(C)(C)c1ccc(=O)n(CCN2CCN(Cc3ccnc(C4CC4)n3)CC2)n1. The minimum Gasteiger partial charge on any atom is -0.299 e. The van der Waals surface area contributed by atoms with Gasteiger partial charge >= 0.3 is 0 Å². The summed E-state index contributed by atoms with van der Waals surface area (Å²) in [4.78, 5) is 26.2. The predicted molar refractivity (Wildman–Crippen MR) is 113 cm³/mol. The number of nitrogens with zero attached hydrogens (tertiary/aromatic N) is 6. The van der Waals surface area contributed by atoms with Gasteiger partial charge in [-0.15, -0.1) is 0 Å². The number of hydrogen-bond donors (Lipinski definition) is 0. The van der Waals surface area contributed by atoms with E-state index in [0.29, 0.717) is 12.5 Å². The van der Waals surface area contributed by atoms with E-state index in [-0.39, 0.29) is 11.0 Å². The van der Waals surface area contributed by atoms with Crippen molar-refractivity contribution in [1.82, 2.24) is 29.5 Å². The zero-order chi connectivity index (χ0) is 20.4. The Bertz CT molecular complexity index is 891. The lowest BCUT2D eigenvalue weighted by molar-refractivity contribution is 0.121. The monoisotopic (exact) mass is 396 g/mol. The predicted octanol–water partition coefficient (Wildman–Crippen LogP) is 2.03. The third-order valence-corrected chi connectivity index (χ3v) is 5.79. The van der Waals surface area contributed by atoms with Crippen LogP contribution in [0.25, 0.3) is 0 Å². The van der Waals surface area contributed by atoms with Gasteiger partial charge in [0.05, 0.1) is 17.9 Å². The van der Waals surface area contributed by atoms with Crippen molar-refractivity contribution in [2.45, 2.75) is 58.0 Å². The summed E-state index contributed by atoms with van der Waals surface area (Å²) in [7, 11) is 0. The lowest BCUT2D eigenvalue weighted by atomic mass is 9.92. The molecule has 2 aromatic heterocycles. The van der Waals surface area contributed by atoms with Crippen LogP contribution in [-0.4, -0.2) is 62.3 Å². The molecular formula is C22H32N6O. The van der Waals surface area contributed by atoms with Gasteiger partial charge in [-0.1, -0.05) is 20.8 Å². The van der Waals surface area contributed by atoms with Crippen molar-refractivity contribution in [2.75, 3.05) is 32.7 Å². The van der Waals surface area contributed by atoms with E-state index in [0.717, 1.165) is 56.5 Å². The van der Waals surface area contributed by atoms with Gasteiger partial charge in [0.1, 0.15) is 5.82 Å². The van der Waals surface area contributed by atoms with Crippen LogP contribution in [0.4, 0.5) is 0 Å². The van der Waals surface area contributed by atoms with Gasteiger partial charge < -0.3 is 0 Å². The third kappa shape index (κ3) is 5.28. The van der Waals surface area contributed by atoms with E-state index in [9.17, 15) is 4.79 Å². The topological polar surface area (TPSA) is 67.2 Å². The van der Waals surface area contributed by atoms with Crippen molar-refractivity contribution in [3.63, 3.8) is 0 Å². The first kappa shape index (κ1) is 20.2. The minimum absolute atomic E-state index is 0.0214. The second-order valence-corrected chi connectivity index (χ2v) is 9.33. The van der Waals surface area contributed by atoms with Gasteiger partial charge in [-0.2, -0.15) is 5.10 Å². The lowest BCUT2D eigenvalue weighted by Crippen LogP contribution is -2.47. The molecule has 0 bridgehead atoms. The quantitative estimate of drug-likeness (QED) is 0.744. The Balaban J connectivity index is 1.27. The first-order chi connectivity index (χ1) is 13.9. The molecule has 1 aliphatic heterocycles. The van der Waals surface area contributed by atoms with E-state index >= 15 is 0 Å². The van der Waals surface area contributed by atoms with Gasteiger partial charge in [-0.05, 0) is 25.0 Å². The Labute approximate surface area is 172 Å². The number of rotatable bonds is 6. The summed E-state index contributed by atoms with van der Waals surface area (Å²) in [5, 5.41) is 4.58. The first-order valence-electron chi connectivity index (χ1n) is 10.7. The second-order valence-electron chi connectivity index (χ2n) is 9.33. The molecule has 29 heavy (non-hydrogen) atoms. The summed E-state index contributed by atoms with van der Waals surface area (Å²) < 4.78 is 1.62. The molecule has 4 rings (SSSR count). The fraction of sp³-hybridized carbons (Fsp3) is 0.636. The second kappa shape index (κ2) is 8.32. The molecule has 7 heteroatoms. The van der Waals surface area contributed by atoms with E-state index in [1.165, 1.54) is 12.8 Å². The zero-order valence-electron chi connectivity index (χ0n) is 17.8. The van der Waals surface area contributed by atoms with Crippen molar-refractivity contribution in [2.24, 2.45) is 0 Å². The molecule has 0 aromatic carbocycles. The van der Waals surface area contributed by atoms with Gasteiger partial charge in [0.15, 0.2) is 0 Å². The molecule has 0 amide bonds. The van der Waals surface area contributed by atoms with E-state index < -0.39 is 0 Å². The van der Waals surface area contributed by atoms with Crippen LogP contribution in [0.5, 0.6) is 0 Å². The molecule has 1 saturated carbocycles. The highest BCUT2D eigenvalue weighted by Crippen LogP contribution is 2.37.